The van der Waals surface area contributed by atoms with Gasteiger partial charge in [0.2, 0.25) is 0 Å². The number of likely N-dealkylation sites (tertiary alicyclic amines) is 1. The number of benzene rings is 1. The monoisotopic (exact) mass is 379 g/mol. The molecular weight excluding hydrogens is 350 g/mol. The Morgan fingerprint density at radius 2 is 2.07 bits per heavy atom. The van der Waals surface area contributed by atoms with Gasteiger partial charge in [-0.05, 0) is 45.0 Å². The summed E-state index contributed by atoms with van der Waals surface area (Å²) in [6.45, 7) is 8.37. The van der Waals surface area contributed by atoms with Crippen LogP contribution in [0.4, 0.5) is 0 Å². The molecule has 6 nitrogen and oxygen atoms in total. The maximum atomic E-state index is 5.99. The van der Waals surface area contributed by atoms with E-state index in [4.69, 9.17) is 15.6 Å². The summed E-state index contributed by atoms with van der Waals surface area (Å²) >= 11 is 0. The highest BCUT2D eigenvalue weighted by Crippen LogP contribution is 2.33. The van der Waals surface area contributed by atoms with Gasteiger partial charge in [0.05, 0.1) is 18.3 Å². The molecule has 4 rings (SSSR count). The van der Waals surface area contributed by atoms with Gasteiger partial charge in [0, 0.05) is 42.7 Å². The quantitative estimate of drug-likeness (QED) is 0.683. The largest absolute Gasteiger partial charge is 0.491 e. The van der Waals surface area contributed by atoms with Crippen LogP contribution in [-0.2, 0) is 13.1 Å². The SMILES string of the molecule is CC(C)Oc1ccccc1CN1CC[C@@H](c2nn(CCN)c3ncccc23)C1. The lowest BCUT2D eigenvalue weighted by Crippen LogP contribution is -2.21. The van der Waals surface area contributed by atoms with Crippen LogP contribution in [0.2, 0.25) is 0 Å². The second kappa shape index (κ2) is 8.29. The Bertz CT molecular complexity index is 936. The van der Waals surface area contributed by atoms with E-state index in [0.29, 0.717) is 19.0 Å². The Balaban J connectivity index is 1.52. The van der Waals surface area contributed by atoms with Gasteiger partial charge in [-0.25, -0.2) is 9.67 Å². The second-order valence-corrected chi connectivity index (χ2v) is 7.77. The van der Waals surface area contributed by atoms with E-state index in [2.05, 4.69) is 48.0 Å². The summed E-state index contributed by atoms with van der Waals surface area (Å²) in [4.78, 5) is 7.03. The van der Waals surface area contributed by atoms with Crippen molar-refractivity contribution < 1.29 is 4.74 Å². The maximum Gasteiger partial charge on any atom is 0.158 e. The Morgan fingerprint density at radius 3 is 2.89 bits per heavy atom. The summed E-state index contributed by atoms with van der Waals surface area (Å²) in [7, 11) is 0. The van der Waals surface area contributed by atoms with E-state index in [1.807, 2.05) is 23.0 Å². The minimum absolute atomic E-state index is 0.179. The van der Waals surface area contributed by atoms with Gasteiger partial charge in [0.25, 0.3) is 0 Å². The number of hydrogen-bond donors (Lipinski definition) is 1. The van der Waals surface area contributed by atoms with Crippen molar-refractivity contribution in [3.63, 3.8) is 0 Å². The van der Waals surface area contributed by atoms with Crippen molar-refractivity contribution in [1.82, 2.24) is 19.7 Å². The molecule has 3 heterocycles. The average molecular weight is 380 g/mol. The van der Waals surface area contributed by atoms with E-state index >= 15 is 0 Å². The lowest BCUT2D eigenvalue weighted by molar-refractivity contribution is 0.234. The number of fused-ring (bicyclic) bond motifs is 1. The zero-order valence-corrected chi connectivity index (χ0v) is 16.7. The van der Waals surface area contributed by atoms with Crippen molar-refractivity contribution in [2.45, 2.75) is 45.4 Å². The van der Waals surface area contributed by atoms with E-state index in [-0.39, 0.29) is 6.10 Å². The number of nitrogens with two attached hydrogens (primary N) is 1. The first kappa shape index (κ1) is 18.9. The zero-order valence-electron chi connectivity index (χ0n) is 16.7. The van der Waals surface area contributed by atoms with Gasteiger partial charge < -0.3 is 10.5 Å². The number of nitrogens with zero attached hydrogens (tertiary/aromatic N) is 4. The molecule has 6 heteroatoms. The topological polar surface area (TPSA) is 69.2 Å². The molecule has 3 aromatic rings. The van der Waals surface area contributed by atoms with Gasteiger partial charge >= 0.3 is 0 Å². The zero-order chi connectivity index (χ0) is 19.5. The summed E-state index contributed by atoms with van der Waals surface area (Å²) in [6.07, 6.45) is 3.11. The first-order chi connectivity index (χ1) is 13.7. The molecule has 1 saturated heterocycles. The standard InChI is InChI=1S/C22H29N5O/c1-16(2)28-20-8-4-3-6-17(20)14-26-12-9-18(15-26)21-19-7-5-11-24-22(19)27(25-21)13-10-23/h3-8,11,16,18H,9-10,12-15,23H2,1-2H3/t18-/m1/s1. The van der Waals surface area contributed by atoms with Crippen molar-refractivity contribution in [1.29, 1.82) is 0 Å². The Hall–Kier alpha value is -2.44. The average Bonchev–Trinajstić information content (AvgIpc) is 3.28. The molecule has 1 aliphatic rings. The van der Waals surface area contributed by atoms with Crippen LogP contribution in [0.15, 0.2) is 42.6 Å². The van der Waals surface area contributed by atoms with Gasteiger partial charge in [-0.15, -0.1) is 0 Å². The smallest absolute Gasteiger partial charge is 0.158 e. The summed E-state index contributed by atoms with van der Waals surface area (Å²) < 4.78 is 7.95. The predicted octanol–water partition coefficient (Wildman–Crippen LogP) is 3.17. The third-order valence-electron chi connectivity index (χ3n) is 5.26. The van der Waals surface area contributed by atoms with Crippen molar-refractivity contribution >= 4 is 11.0 Å². The van der Waals surface area contributed by atoms with Crippen molar-refractivity contribution in [3.8, 4) is 5.75 Å². The molecule has 0 unspecified atom stereocenters. The van der Waals surface area contributed by atoms with Crippen molar-refractivity contribution in [2.75, 3.05) is 19.6 Å². The van der Waals surface area contributed by atoms with Crippen LogP contribution in [0.25, 0.3) is 11.0 Å². The number of para-hydroxylation sites is 1. The van der Waals surface area contributed by atoms with Crippen LogP contribution in [-0.4, -0.2) is 45.4 Å². The lowest BCUT2D eigenvalue weighted by atomic mass is 10.0. The molecule has 1 aliphatic heterocycles. The van der Waals surface area contributed by atoms with Gasteiger partial charge in [-0.1, -0.05) is 18.2 Å². The minimum Gasteiger partial charge on any atom is -0.491 e. The van der Waals surface area contributed by atoms with E-state index < -0.39 is 0 Å². The van der Waals surface area contributed by atoms with Crippen LogP contribution in [0, 0.1) is 0 Å². The molecule has 0 radical (unpaired) electrons. The summed E-state index contributed by atoms with van der Waals surface area (Å²) in [6, 6.07) is 12.5. The van der Waals surface area contributed by atoms with Crippen LogP contribution in [0.3, 0.4) is 0 Å². The van der Waals surface area contributed by atoms with Gasteiger partial charge in [-0.2, -0.15) is 5.10 Å². The lowest BCUT2D eigenvalue weighted by Gasteiger charge is -2.19. The molecule has 0 spiro atoms. The van der Waals surface area contributed by atoms with Crippen LogP contribution in [0.5, 0.6) is 5.75 Å². The number of aromatic nitrogens is 3. The number of rotatable bonds is 7. The highest BCUT2D eigenvalue weighted by molar-refractivity contribution is 5.78. The maximum absolute atomic E-state index is 5.99. The van der Waals surface area contributed by atoms with Crippen molar-refractivity contribution in [2.24, 2.45) is 5.73 Å². The van der Waals surface area contributed by atoms with Crippen LogP contribution < -0.4 is 10.5 Å². The second-order valence-electron chi connectivity index (χ2n) is 7.77. The third-order valence-corrected chi connectivity index (χ3v) is 5.26. The number of pyridine rings is 1. The van der Waals surface area contributed by atoms with Gasteiger partial charge in [0.15, 0.2) is 5.65 Å². The predicted molar refractivity (Wildman–Crippen MR) is 111 cm³/mol. The van der Waals surface area contributed by atoms with E-state index in [1.165, 1.54) is 5.56 Å². The fourth-order valence-corrected chi connectivity index (χ4v) is 4.06. The summed E-state index contributed by atoms with van der Waals surface area (Å²) in [5.74, 6) is 1.41. The molecule has 148 valence electrons. The highest BCUT2D eigenvalue weighted by atomic mass is 16.5. The molecule has 1 atom stereocenters. The molecule has 0 saturated carbocycles. The van der Waals surface area contributed by atoms with E-state index in [9.17, 15) is 0 Å². The molecule has 1 fully saturated rings. The third kappa shape index (κ3) is 3.88. The van der Waals surface area contributed by atoms with Gasteiger partial charge in [0.1, 0.15) is 5.75 Å². The summed E-state index contributed by atoms with van der Waals surface area (Å²) in [5, 5.41) is 6.04. The van der Waals surface area contributed by atoms with Crippen LogP contribution in [0.1, 0.15) is 37.4 Å². The molecule has 2 N–H and O–H groups in total. The Morgan fingerprint density at radius 1 is 1.21 bits per heavy atom. The summed E-state index contributed by atoms with van der Waals surface area (Å²) in [5.41, 5.74) is 9.11. The first-order valence-electron chi connectivity index (χ1n) is 10.1. The fourth-order valence-electron chi connectivity index (χ4n) is 4.06. The Labute approximate surface area is 166 Å². The van der Waals surface area contributed by atoms with Crippen LogP contribution >= 0.6 is 0 Å². The normalized spacial score (nSPS) is 17.6. The highest BCUT2D eigenvalue weighted by Gasteiger charge is 2.28. The molecule has 0 aliphatic carbocycles. The van der Waals surface area contributed by atoms with Gasteiger partial charge in [-0.3, -0.25) is 4.90 Å². The number of hydrogen-bond acceptors (Lipinski definition) is 5. The molecular formula is C22H29N5O. The molecule has 1 aromatic carbocycles. The first-order valence-corrected chi connectivity index (χ1v) is 10.1. The Kier molecular flexibility index (Phi) is 5.59. The molecule has 0 amide bonds. The van der Waals surface area contributed by atoms with E-state index in [0.717, 1.165) is 48.5 Å². The minimum atomic E-state index is 0.179. The van der Waals surface area contributed by atoms with Crippen molar-refractivity contribution in [3.05, 3.63) is 53.9 Å². The molecule has 0 bridgehead atoms. The molecule has 2 aromatic heterocycles. The molecule has 28 heavy (non-hydrogen) atoms. The number of ether oxygens (including phenoxy) is 1. The fraction of sp³-hybridized carbons (Fsp3) is 0.455. The van der Waals surface area contributed by atoms with E-state index in [1.54, 1.807) is 0 Å².